The Balaban J connectivity index is 1.69. The molecule has 24 heavy (non-hydrogen) atoms. The van der Waals surface area contributed by atoms with E-state index in [0.29, 0.717) is 3.70 Å². The van der Waals surface area contributed by atoms with Gasteiger partial charge >= 0.3 is 0 Å². The molecule has 0 N–H and O–H groups in total. The summed E-state index contributed by atoms with van der Waals surface area (Å²) in [7, 11) is -1.50. The van der Waals surface area contributed by atoms with Crippen LogP contribution in [-0.4, -0.2) is 39.4 Å². The Kier molecular flexibility index (Phi) is 7.48. The summed E-state index contributed by atoms with van der Waals surface area (Å²) in [6.07, 6.45) is 7.04. The molecule has 1 aromatic carbocycles. The van der Waals surface area contributed by atoms with Gasteiger partial charge in [-0.15, -0.1) is 47.0 Å². The normalized spacial score (nSPS) is 22.4. The quantitative estimate of drug-likeness (QED) is 0.517. The van der Waals surface area contributed by atoms with Gasteiger partial charge in [-0.1, -0.05) is 48.6 Å². The Morgan fingerprint density at radius 3 is 2.25 bits per heavy atom. The lowest BCUT2D eigenvalue weighted by atomic mass is 10.3. The molecule has 0 nitrogen and oxygen atoms in total. The van der Waals surface area contributed by atoms with Crippen LogP contribution in [0.4, 0.5) is 0 Å². The third kappa shape index (κ3) is 4.57. The highest BCUT2D eigenvalue weighted by Gasteiger charge is 2.49. The molecule has 0 atom stereocenters. The molecule has 0 saturated carbocycles. The van der Waals surface area contributed by atoms with Crippen molar-refractivity contribution in [1.29, 1.82) is 0 Å². The van der Waals surface area contributed by atoms with Crippen molar-refractivity contribution < 1.29 is 0 Å². The van der Waals surface area contributed by atoms with Crippen LogP contribution >= 0.6 is 47.0 Å². The third-order valence-corrected chi connectivity index (χ3v) is 19.2. The number of benzene rings is 1. The Hall–Kier alpha value is 0.837. The molecule has 0 unspecified atom stereocenters. The van der Waals surface area contributed by atoms with E-state index in [1.807, 2.05) is 0 Å². The zero-order valence-electron chi connectivity index (χ0n) is 15.0. The monoisotopic (exact) mass is 414 g/mol. The minimum absolute atomic E-state index is 0.483. The van der Waals surface area contributed by atoms with Crippen molar-refractivity contribution in [1.82, 2.24) is 0 Å². The first kappa shape index (κ1) is 19.6. The summed E-state index contributed by atoms with van der Waals surface area (Å²) in [5, 5.41) is 1.65. The minimum atomic E-state index is -1.50. The molecule has 2 fully saturated rings. The fourth-order valence-electron chi connectivity index (χ4n) is 3.67. The van der Waals surface area contributed by atoms with Gasteiger partial charge in [0.2, 0.25) is 0 Å². The zero-order valence-corrected chi connectivity index (χ0v) is 19.2. The van der Waals surface area contributed by atoms with Crippen LogP contribution in [0.15, 0.2) is 30.3 Å². The first-order valence-electron chi connectivity index (χ1n) is 9.21. The van der Waals surface area contributed by atoms with Gasteiger partial charge in [0, 0.05) is 0 Å². The van der Waals surface area contributed by atoms with E-state index in [9.17, 15) is 0 Å². The van der Waals surface area contributed by atoms with Gasteiger partial charge in [-0.05, 0) is 55.1 Å². The van der Waals surface area contributed by atoms with Crippen molar-refractivity contribution in [2.45, 2.75) is 53.5 Å². The number of hydrogen-bond donors (Lipinski definition) is 0. The van der Waals surface area contributed by atoms with Crippen LogP contribution in [0.1, 0.15) is 32.1 Å². The average molecular weight is 415 g/mol. The predicted molar refractivity (Wildman–Crippen MR) is 123 cm³/mol. The molecular weight excluding hydrogens is 385 g/mol. The molecule has 2 heterocycles. The second kappa shape index (κ2) is 9.16. The largest absolute Gasteiger partial charge is 0.148 e. The van der Waals surface area contributed by atoms with Crippen molar-refractivity contribution >= 4 is 60.3 Å². The van der Waals surface area contributed by atoms with Gasteiger partial charge in [-0.2, -0.15) is 0 Å². The maximum Gasteiger partial charge on any atom is 0.110 e. The standard InChI is InChI=1S/C19H30S4Si/c1-24(2,17-9-4-3-5-10-17)19(22-15-8-16-23-19)12-6-11-18-20-13-7-14-21-18/h3-5,9-10,18H,6-8,11-16H2,1-2H3. The van der Waals surface area contributed by atoms with Crippen molar-refractivity contribution in [2.24, 2.45) is 0 Å². The molecule has 0 radical (unpaired) electrons. The summed E-state index contributed by atoms with van der Waals surface area (Å²) in [6.45, 7) is 5.25. The van der Waals surface area contributed by atoms with Crippen molar-refractivity contribution in [3.63, 3.8) is 0 Å². The van der Waals surface area contributed by atoms with Gasteiger partial charge in [0.1, 0.15) is 8.07 Å². The van der Waals surface area contributed by atoms with Crippen LogP contribution in [-0.2, 0) is 0 Å². The molecule has 0 aliphatic carbocycles. The maximum atomic E-state index is 2.62. The van der Waals surface area contributed by atoms with E-state index in [-0.39, 0.29) is 0 Å². The van der Waals surface area contributed by atoms with Crippen LogP contribution in [0.5, 0.6) is 0 Å². The predicted octanol–water partition coefficient (Wildman–Crippen LogP) is 6.07. The fraction of sp³-hybridized carbons (Fsp3) is 0.684. The van der Waals surface area contributed by atoms with Gasteiger partial charge in [0.15, 0.2) is 0 Å². The third-order valence-electron chi connectivity index (χ3n) is 5.25. The highest BCUT2D eigenvalue weighted by molar-refractivity contribution is 8.21. The van der Waals surface area contributed by atoms with Crippen LogP contribution in [0.25, 0.3) is 0 Å². The van der Waals surface area contributed by atoms with Crippen LogP contribution < -0.4 is 5.19 Å². The van der Waals surface area contributed by atoms with E-state index in [1.54, 1.807) is 5.19 Å². The maximum absolute atomic E-state index is 2.62. The van der Waals surface area contributed by atoms with Gasteiger partial charge in [0.05, 0.1) is 8.28 Å². The second-order valence-electron chi connectivity index (χ2n) is 7.21. The first-order chi connectivity index (χ1) is 11.6. The number of rotatable bonds is 6. The van der Waals surface area contributed by atoms with Gasteiger partial charge in [-0.25, -0.2) is 0 Å². The molecular formula is C19H30S4Si. The lowest BCUT2D eigenvalue weighted by molar-refractivity contribution is 0.720. The van der Waals surface area contributed by atoms with Crippen molar-refractivity contribution in [2.75, 3.05) is 23.0 Å². The fourth-order valence-corrected chi connectivity index (χ4v) is 15.9. The molecule has 134 valence electrons. The molecule has 2 aliphatic rings. The van der Waals surface area contributed by atoms with Crippen LogP contribution in [0.2, 0.25) is 13.1 Å². The van der Waals surface area contributed by atoms with E-state index < -0.39 is 8.07 Å². The molecule has 3 rings (SSSR count). The van der Waals surface area contributed by atoms with Crippen LogP contribution in [0.3, 0.4) is 0 Å². The van der Waals surface area contributed by atoms with E-state index in [4.69, 9.17) is 0 Å². The zero-order chi connectivity index (χ0) is 16.9. The first-order valence-corrected chi connectivity index (χ1v) is 16.3. The summed E-state index contributed by atoms with van der Waals surface area (Å²) in [5.41, 5.74) is 0. The molecule has 0 aromatic heterocycles. The van der Waals surface area contributed by atoms with Gasteiger partial charge in [-0.3, -0.25) is 0 Å². The average Bonchev–Trinajstić information content (AvgIpc) is 2.64. The minimum Gasteiger partial charge on any atom is -0.148 e. The Morgan fingerprint density at radius 2 is 1.58 bits per heavy atom. The van der Waals surface area contributed by atoms with Gasteiger partial charge in [0.25, 0.3) is 0 Å². The Bertz CT molecular complexity index is 493. The van der Waals surface area contributed by atoms with Crippen LogP contribution in [0, 0.1) is 0 Å². The lowest BCUT2D eigenvalue weighted by Crippen LogP contribution is -2.59. The van der Waals surface area contributed by atoms with Gasteiger partial charge < -0.3 is 0 Å². The second-order valence-corrected chi connectivity index (χ2v) is 18.6. The molecule has 0 bridgehead atoms. The number of thioether (sulfide) groups is 4. The SMILES string of the molecule is C[Si](C)(c1ccccc1)C1(CCCC2SCCCS2)SCCCS1. The lowest BCUT2D eigenvalue weighted by Gasteiger charge is -2.47. The van der Waals surface area contributed by atoms with E-state index in [0.717, 1.165) is 4.58 Å². The summed E-state index contributed by atoms with van der Waals surface area (Å²) < 4.78 is 1.35. The Morgan fingerprint density at radius 1 is 0.958 bits per heavy atom. The summed E-state index contributed by atoms with van der Waals surface area (Å²) in [5.74, 6) is 5.50. The summed E-state index contributed by atoms with van der Waals surface area (Å²) in [4.78, 5) is 0. The molecule has 5 heteroatoms. The summed E-state index contributed by atoms with van der Waals surface area (Å²) in [6, 6.07) is 11.4. The van der Waals surface area contributed by atoms with E-state index in [2.05, 4.69) is 90.5 Å². The molecule has 2 aliphatic heterocycles. The van der Waals surface area contributed by atoms with E-state index in [1.165, 1.54) is 55.1 Å². The summed E-state index contributed by atoms with van der Waals surface area (Å²) >= 11 is 9.05. The highest BCUT2D eigenvalue weighted by atomic mass is 32.2. The molecule has 0 amide bonds. The molecule has 1 aromatic rings. The van der Waals surface area contributed by atoms with Crippen molar-refractivity contribution in [3.05, 3.63) is 30.3 Å². The van der Waals surface area contributed by atoms with Crippen molar-refractivity contribution in [3.8, 4) is 0 Å². The number of hydrogen-bond acceptors (Lipinski definition) is 4. The molecule has 2 saturated heterocycles. The topological polar surface area (TPSA) is 0 Å². The van der Waals surface area contributed by atoms with E-state index >= 15 is 0 Å². The Labute approximate surface area is 166 Å². The smallest absolute Gasteiger partial charge is 0.110 e. The molecule has 0 spiro atoms. The highest BCUT2D eigenvalue weighted by Crippen LogP contribution is 2.52.